The number of carbonyl (C=O) groups excluding carboxylic acids is 2. The number of hydrogen-bond acceptors (Lipinski definition) is 5. The van der Waals surface area contributed by atoms with E-state index in [-0.39, 0.29) is 30.3 Å². The van der Waals surface area contributed by atoms with Crippen LogP contribution in [0, 0.1) is 5.82 Å². The zero-order valence-corrected chi connectivity index (χ0v) is 20.4. The lowest BCUT2D eigenvalue weighted by atomic mass is 9.95. The Bertz CT molecular complexity index is 1120. The molecule has 1 heterocycles. The van der Waals surface area contributed by atoms with Crippen LogP contribution in [0.3, 0.4) is 0 Å². The maximum atomic E-state index is 13.4. The third-order valence-electron chi connectivity index (χ3n) is 5.98. The van der Waals surface area contributed by atoms with E-state index in [2.05, 4.69) is 5.32 Å². The van der Waals surface area contributed by atoms with Gasteiger partial charge in [-0.2, -0.15) is 4.31 Å². The van der Waals surface area contributed by atoms with Gasteiger partial charge in [0.2, 0.25) is 21.8 Å². The molecule has 2 aromatic rings. The van der Waals surface area contributed by atoms with Gasteiger partial charge in [-0.15, -0.1) is 0 Å². The topological polar surface area (TPSA) is 96.0 Å². The van der Waals surface area contributed by atoms with E-state index in [9.17, 15) is 22.4 Å². The zero-order valence-electron chi connectivity index (χ0n) is 19.6. The molecule has 0 saturated carbocycles. The number of hydrogen-bond donors (Lipinski definition) is 1. The van der Waals surface area contributed by atoms with Gasteiger partial charge in [-0.3, -0.25) is 9.59 Å². The van der Waals surface area contributed by atoms with Crippen molar-refractivity contribution in [3.05, 3.63) is 59.9 Å². The largest absolute Gasteiger partial charge is 0.497 e. The Labute approximate surface area is 199 Å². The van der Waals surface area contributed by atoms with Crippen LogP contribution in [-0.2, 0) is 26.2 Å². The van der Waals surface area contributed by atoms with E-state index in [4.69, 9.17) is 4.74 Å². The monoisotopic (exact) mass is 491 g/mol. The summed E-state index contributed by atoms with van der Waals surface area (Å²) in [6.07, 6.45) is 1.49. The van der Waals surface area contributed by atoms with Crippen LogP contribution in [0.2, 0.25) is 0 Å². The van der Waals surface area contributed by atoms with Gasteiger partial charge < -0.3 is 15.0 Å². The predicted octanol–water partition coefficient (Wildman–Crippen LogP) is 2.54. The number of unbranched alkanes of at least 4 members (excludes halogenated alkanes) is 1. The fourth-order valence-electron chi connectivity index (χ4n) is 3.92. The lowest BCUT2D eigenvalue weighted by Crippen LogP contribution is -2.69. The number of sulfonamides is 1. The van der Waals surface area contributed by atoms with Gasteiger partial charge in [-0.25, -0.2) is 12.8 Å². The molecule has 34 heavy (non-hydrogen) atoms. The van der Waals surface area contributed by atoms with Crippen molar-refractivity contribution in [3.63, 3.8) is 0 Å². The van der Waals surface area contributed by atoms with E-state index >= 15 is 0 Å². The fraction of sp³-hybridized carbons (Fsp3) is 0.417. The summed E-state index contributed by atoms with van der Waals surface area (Å²) in [4.78, 5) is 27.9. The summed E-state index contributed by atoms with van der Waals surface area (Å²) in [5.74, 6) is -0.790. The van der Waals surface area contributed by atoms with Gasteiger partial charge in [-0.05, 0) is 55.3 Å². The second kappa shape index (κ2) is 10.5. The van der Waals surface area contributed by atoms with Crippen molar-refractivity contribution >= 4 is 21.8 Å². The van der Waals surface area contributed by atoms with Crippen molar-refractivity contribution < 1.29 is 27.1 Å². The van der Waals surface area contributed by atoms with Crippen LogP contribution < -0.4 is 10.1 Å². The number of halogens is 1. The van der Waals surface area contributed by atoms with Gasteiger partial charge in [-0.1, -0.05) is 25.5 Å². The highest BCUT2D eigenvalue weighted by Gasteiger charge is 2.50. The molecule has 1 saturated heterocycles. The first-order valence-electron chi connectivity index (χ1n) is 11.1. The molecule has 3 rings (SSSR count). The van der Waals surface area contributed by atoms with Gasteiger partial charge in [0.05, 0.1) is 18.6 Å². The van der Waals surface area contributed by atoms with E-state index in [1.807, 2.05) is 6.92 Å². The summed E-state index contributed by atoms with van der Waals surface area (Å²) in [6, 6.07) is 11.6. The Morgan fingerprint density at radius 2 is 1.79 bits per heavy atom. The predicted molar refractivity (Wildman–Crippen MR) is 125 cm³/mol. The summed E-state index contributed by atoms with van der Waals surface area (Å²) in [5.41, 5.74) is -0.729. The van der Waals surface area contributed by atoms with Crippen molar-refractivity contribution in [2.45, 2.75) is 43.7 Å². The molecular weight excluding hydrogens is 461 g/mol. The number of rotatable bonds is 9. The van der Waals surface area contributed by atoms with E-state index in [1.54, 1.807) is 19.1 Å². The van der Waals surface area contributed by atoms with Gasteiger partial charge in [0.25, 0.3) is 0 Å². The van der Waals surface area contributed by atoms with Gasteiger partial charge in [0.1, 0.15) is 17.1 Å². The van der Waals surface area contributed by atoms with E-state index in [1.165, 1.54) is 48.4 Å². The van der Waals surface area contributed by atoms with Crippen molar-refractivity contribution in [1.29, 1.82) is 0 Å². The average molecular weight is 492 g/mol. The quantitative estimate of drug-likeness (QED) is 0.582. The minimum Gasteiger partial charge on any atom is -0.497 e. The van der Waals surface area contributed by atoms with Gasteiger partial charge in [0, 0.05) is 19.6 Å². The first kappa shape index (κ1) is 25.6. The van der Waals surface area contributed by atoms with Crippen molar-refractivity contribution in [1.82, 2.24) is 14.5 Å². The zero-order chi connectivity index (χ0) is 24.9. The molecule has 0 bridgehead atoms. The highest BCUT2D eigenvalue weighted by Crippen LogP contribution is 2.29. The Balaban J connectivity index is 1.87. The molecule has 8 nitrogen and oxygen atoms in total. The number of carbonyl (C=O) groups is 2. The van der Waals surface area contributed by atoms with Crippen LogP contribution in [0.4, 0.5) is 4.39 Å². The molecule has 0 aromatic heterocycles. The van der Waals surface area contributed by atoms with Crippen molar-refractivity contribution in [3.8, 4) is 5.75 Å². The second-order valence-corrected chi connectivity index (χ2v) is 10.4. The molecule has 10 heteroatoms. The van der Waals surface area contributed by atoms with Crippen LogP contribution >= 0.6 is 0 Å². The van der Waals surface area contributed by atoms with Crippen LogP contribution in [0.5, 0.6) is 5.75 Å². The first-order valence-corrected chi connectivity index (χ1v) is 12.5. The summed E-state index contributed by atoms with van der Waals surface area (Å²) in [6.45, 7) is 3.48. The lowest BCUT2D eigenvalue weighted by molar-refractivity contribution is -0.152. The molecule has 2 aromatic carbocycles. The molecule has 0 radical (unpaired) electrons. The Morgan fingerprint density at radius 3 is 2.38 bits per heavy atom. The standard InChI is InChI=1S/C24H30FN3O5S/c1-4-5-14-28-22(29)16-27(34(31,32)21-12-10-20(33-3)11-13-21)17-24(28,2)23(30)26-15-18-6-8-19(25)9-7-18/h6-13H,4-5,14-17H2,1-3H3,(H,26,30)/t24-/m1/s1. The van der Waals surface area contributed by atoms with E-state index in [0.717, 1.165) is 10.7 Å². The maximum Gasteiger partial charge on any atom is 0.247 e. The first-order chi connectivity index (χ1) is 16.1. The molecule has 0 spiro atoms. The molecule has 0 unspecified atom stereocenters. The minimum absolute atomic E-state index is 0.0113. The number of nitrogens with one attached hydrogen (secondary N) is 1. The number of benzene rings is 2. The number of methoxy groups -OCH3 is 1. The van der Waals surface area contributed by atoms with Gasteiger partial charge in [0.15, 0.2) is 0 Å². The summed E-state index contributed by atoms with van der Waals surface area (Å²) < 4.78 is 46.0. The summed E-state index contributed by atoms with van der Waals surface area (Å²) in [7, 11) is -2.55. The van der Waals surface area contributed by atoms with Gasteiger partial charge >= 0.3 is 0 Å². The Kier molecular flexibility index (Phi) is 7.93. The number of piperazine rings is 1. The average Bonchev–Trinajstić information content (AvgIpc) is 2.83. The Hall–Kier alpha value is -2.98. The second-order valence-electron chi connectivity index (χ2n) is 8.43. The number of amides is 2. The minimum atomic E-state index is -4.03. The molecule has 1 atom stereocenters. The molecule has 2 amide bonds. The number of ether oxygens (including phenoxy) is 1. The Morgan fingerprint density at radius 1 is 1.15 bits per heavy atom. The lowest BCUT2D eigenvalue weighted by Gasteiger charge is -2.46. The smallest absolute Gasteiger partial charge is 0.247 e. The molecule has 1 aliphatic rings. The van der Waals surface area contributed by atoms with Crippen LogP contribution in [0.15, 0.2) is 53.4 Å². The van der Waals surface area contributed by atoms with Crippen LogP contribution in [0.1, 0.15) is 32.3 Å². The molecular formula is C24H30FN3O5S. The fourth-order valence-corrected chi connectivity index (χ4v) is 5.40. The third-order valence-corrected chi connectivity index (χ3v) is 7.79. The summed E-state index contributed by atoms with van der Waals surface area (Å²) in [5, 5.41) is 2.79. The highest BCUT2D eigenvalue weighted by atomic mass is 32.2. The molecule has 0 aliphatic carbocycles. The SMILES string of the molecule is CCCCN1C(=O)CN(S(=O)(=O)c2ccc(OC)cc2)C[C@]1(C)C(=O)NCc1ccc(F)cc1. The van der Waals surface area contributed by atoms with Crippen LogP contribution in [-0.4, -0.2) is 61.7 Å². The normalized spacial score (nSPS) is 19.2. The molecule has 1 fully saturated rings. The highest BCUT2D eigenvalue weighted by molar-refractivity contribution is 7.89. The van der Waals surface area contributed by atoms with E-state index < -0.39 is 27.4 Å². The molecule has 184 valence electrons. The summed E-state index contributed by atoms with van der Waals surface area (Å²) >= 11 is 0. The van der Waals surface area contributed by atoms with E-state index in [0.29, 0.717) is 24.3 Å². The maximum absolute atomic E-state index is 13.4. The molecule has 1 N–H and O–H groups in total. The number of nitrogens with zero attached hydrogens (tertiary/aromatic N) is 2. The van der Waals surface area contributed by atoms with Crippen molar-refractivity contribution in [2.24, 2.45) is 0 Å². The van der Waals surface area contributed by atoms with Crippen LogP contribution in [0.25, 0.3) is 0 Å². The van der Waals surface area contributed by atoms with Crippen molar-refractivity contribution in [2.75, 3.05) is 26.7 Å². The molecule has 1 aliphatic heterocycles. The third kappa shape index (κ3) is 5.39.